The van der Waals surface area contributed by atoms with E-state index in [-0.39, 0.29) is 11.3 Å². The summed E-state index contributed by atoms with van der Waals surface area (Å²) in [5.41, 5.74) is 2.71. The second kappa shape index (κ2) is 8.21. The third-order valence-corrected chi connectivity index (χ3v) is 5.04. The Kier molecular flexibility index (Phi) is 5.75. The van der Waals surface area contributed by atoms with Crippen LogP contribution >= 0.6 is 0 Å². The molecule has 0 aromatic heterocycles. The van der Waals surface area contributed by atoms with Gasteiger partial charge in [0.05, 0.1) is 11.6 Å². The molecule has 4 heteroatoms. The van der Waals surface area contributed by atoms with Crippen molar-refractivity contribution in [1.29, 1.82) is 0 Å². The number of likely N-dealkylation sites (tertiary alicyclic amines) is 1. The van der Waals surface area contributed by atoms with Gasteiger partial charge in [-0.25, -0.2) is 0 Å². The van der Waals surface area contributed by atoms with Crippen LogP contribution in [0, 0.1) is 0 Å². The number of rotatable bonds is 6. The van der Waals surface area contributed by atoms with Gasteiger partial charge in [0.2, 0.25) is 0 Å². The molecule has 1 unspecified atom stereocenters. The minimum absolute atomic E-state index is 0.108. The Morgan fingerprint density at radius 2 is 1.67 bits per heavy atom. The number of carbonyl (C=O) groups is 2. The molecule has 1 N–H and O–H groups in total. The van der Waals surface area contributed by atoms with Crippen LogP contribution in [0.1, 0.15) is 49.4 Å². The molecule has 0 bridgehead atoms. The first-order chi connectivity index (χ1) is 13.1. The average molecular weight is 363 g/mol. The fraction of sp³-hybridized carbons (Fsp3) is 0.304. The van der Waals surface area contributed by atoms with Gasteiger partial charge in [-0.1, -0.05) is 74.9 Å². The predicted molar refractivity (Wildman–Crippen MR) is 106 cm³/mol. The zero-order valence-electron chi connectivity index (χ0n) is 15.8. The third kappa shape index (κ3) is 3.65. The molecule has 1 fully saturated rings. The van der Waals surface area contributed by atoms with Crippen LogP contribution in [0.5, 0.6) is 0 Å². The molecule has 0 aliphatic carbocycles. The van der Waals surface area contributed by atoms with Gasteiger partial charge in [0, 0.05) is 12.1 Å². The number of Topliss-reactive ketones (excluding diaryl/α,β-unsaturated/α-hetero) is 1. The zero-order valence-corrected chi connectivity index (χ0v) is 15.8. The lowest BCUT2D eigenvalue weighted by atomic mass is 9.95. The van der Waals surface area contributed by atoms with Crippen molar-refractivity contribution in [3.8, 4) is 0 Å². The lowest BCUT2D eigenvalue weighted by molar-refractivity contribution is -0.139. The molecule has 27 heavy (non-hydrogen) atoms. The number of hydrogen-bond acceptors (Lipinski definition) is 3. The number of unbranched alkanes of at least 4 members (excludes halogenated alkanes) is 1. The van der Waals surface area contributed by atoms with Gasteiger partial charge in [0.25, 0.3) is 11.7 Å². The largest absolute Gasteiger partial charge is 0.507 e. The van der Waals surface area contributed by atoms with Crippen LogP contribution in [0.3, 0.4) is 0 Å². The van der Waals surface area contributed by atoms with E-state index in [1.165, 1.54) is 0 Å². The van der Waals surface area contributed by atoms with Gasteiger partial charge >= 0.3 is 0 Å². The molecule has 1 atom stereocenters. The van der Waals surface area contributed by atoms with Crippen LogP contribution in [0.15, 0.2) is 60.2 Å². The van der Waals surface area contributed by atoms with Gasteiger partial charge in [0.1, 0.15) is 5.76 Å². The molecule has 1 saturated heterocycles. The van der Waals surface area contributed by atoms with E-state index in [0.717, 1.165) is 30.4 Å². The van der Waals surface area contributed by atoms with Crippen molar-refractivity contribution >= 4 is 17.4 Å². The number of nitrogens with zero attached hydrogens (tertiary/aromatic N) is 1. The third-order valence-electron chi connectivity index (χ3n) is 5.04. The van der Waals surface area contributed by atoms with E-state index in [1.54, 1.807) is 17.0 Å². The highest BCUT2D eigenvalue weighted by Crippen LogP contribution is 2.39. The van der Waals surface area contributed by atoms with Gasteiger partial charge in [0.15, 0.2) is 0 Å². The fourth-order valence-corrected chi connectivity index (χ4v) is 3.47. The molecule has 1 amide bonds. The Balaban J connectivity index is 2.11. The maximum atomic E-state index is 12.8. The number of amides is 1. The van der Waals surface area contributed by atoms with Crippen LogP contribution in [-0.4, -0.2) is 28.2 Å². The first kappa shape index (κ1) is 18.9. The molecule has 2 aromatic carbocycles. The Morgan fingerprint density at radius 3 is 2.26 bits per heavy atom. The average Bonchev–Trinajstić information content (AvgIpc) is 2.97. The molecule has 0 radical (unpaired) electrons. The molecule has 1 heterocycles. The Bertz CT molecular complexity index is 853. The summed E-state index contributed by atoms with van der Waals surface area (Å²) in [6, 6.07) is 16.3. The smallest absolute Gasteiger partial charge is 0.295 e. The van der Waals surface area contributed by atoms with Crippen molar-refractivity contribution in [3.05, 3.63) is 76.9 Å². The van der Waals surface area contributed by atoms with Crippen molar-refractivity contribution in [3.63, 3.8) is 0 Å². The van der Waals surface area contributed by atoms with E-state index in [4.69, 9.17) is 0 Å². The monoisotopic (exact) mass is 363 g/mol. The summed E-state index contributed by atoms with van der Waals surface area (Å²) >= 11 is 0. The van der Waals surface area contributed by atoms with E-state index < -0.39 is 17.7 Å². The SMILES string of the molecule is CCCCN1C(=O)C(=O)/C(=C(\O)c2ccc(CC)cc2)C1c1ccccc1. The second-order valence-electron chi connectivity index (χ2n) is 6.81. The molecule has 4 nitrogen and oxygen atoms in total. The van der Waals surface area contributed by atoms with E-state index in [2.05, 4.69) is 6.92 Å². The first-order valence-electron chi connectivity index (χ1n) is 9.51. The van der Waals surface area contributed by atoms with Crippen LogP contribution < -0.4 is 0 Å². The Labute approximate surface area is 160 Å². The van der Waals surface area contributed by atoms with Gasteiger partial charge in [-0.2, -0.15) is 0 Å². The van der Waals surface area contributed by atoms with Crippen molar-refractivity contribution in [2.75, 3.05) is 6.54 Å². The zero-order chi connectivity index (χ0) is 19.4. The Morgan fingerprint density at radius 1 is 1.00 bits per heavy atom. The van der Waals surface area contributed by atoms with Crippen molar-refractivity contribution < 1.29 is 14.7 Å². The summed E-state index contributed by atoms with van der Waals surface area (Å²) < 4.78 is 0. The highest BCUT2D eigenvalue weighted by molar-refractivity contribution is 6.46. The number of hydrogen-bond donors (Lipinski definition) is 1. The summed E-state index contributed by atoms with van der Waals surface area (Å²) in [5, 5.41) is 10.9. The fourth-order valence-electron chi connectivity index (χ4n) is 3.47. The molecule has 2 aromatic rings. The predicted octanol–water partition coefficient (Wildman–Crippen LogP) is 4.47. The van der Waals surface area contributed by atoms with Crippen LogP contribution in [0.25, 0.3) is 5.76 Å². The maximum absolute atomic E-state index is 12.8. The number of benzene rings is 2. The topological polar surface area (TPSA) is 57.6 Å². The lowest BCUT2D eigenvalue weighted by Gasteiger charge is -2.25. The normalized spacial score (nSPS) is 18.9. The maximum Gasteiger partial charge on any atom is 0.295 e. The van der Waals surface area contributed by atoms with Crippen molar-refractivity contribution in [2.24, 2.45) is 0 Å². The lowest BCUT2D eigenvalue weighted by Crippen LogP contribution is -2.30. The van der Waals surface area contributed by atoms with Crippen LogP contribution in [0.4, 0.5) is 0 Å². The number of ketones is 1. The number of carbonyl (C=O) groups excluding carboxylic acids is 2. The van der Waals surface area contributed by atoms with E-state index in [9.17, 15) is 14.7 Å². The standard InChI is InChI=1S/C23H25NO3/c1-3-5-15-24-20(17-9-7-6-8-10-17)19(22(26)23(24)27)21(25)18-13-11-16(4-2)12-14-18/h6-14,20,25H,3-5,15H2,1-2H3/b21-19-. The molecule has 3 rings (SSSR count). The summed E-state index contributed by atoms with van der Waals surface area (Å²) in [6.45, 7) is 4.60. The Hall–Kier alpha value is -2.88. The quantitative estimate of drug-likeness (QED) is 0.468. The molecular weight excluding hydrogens is 338 g/mol. The molecule has 0 spiro atoms. The molecule has 140 valence electrons. The molecular formula is C23H25NO3. The van der Waals surface area contributed by atoms with Crippen LogP contribution in [-0.2, 0) is 16.0 Å². The van der Waals surface area contributed by atoms with E-state index in [1.807, 2.05) is 49.4 Å². The van der Waals surface area contributed by atoms with Gasteiger partial charge < -0.3 is 10.0 Å². The highest BCUT2D eigenvalue weighted by atomic mass is 16.3. The number of aryl methyl sites for hydroxylation is 1. The summed E-state index contributed by atoms with van der Waals surface area (Å²) in [4.78, 5) is 27.1. The summed E-state index contributed by atoms with van der Waals surface area (Å²) in [5.74, 6) is -1.26. The minimum atomic E-state index is -0.614. The summed E-state index contributed by atoms with van der Waals surface area (Å²) in [6.07, 6.45) is 2.62. The second-order valence-corrected chi connectivity index (χ2v) is 6.81. The van der Waals surface area contributed by atoms with Crippen LogP contribution in [0.2, 0.25) is 0 Å². The van der Waals surface area contributed by atoms with E-state index >= 15 is 0 Å². The summed E-state index contributed by atoms with van der Waals surface area (Å²) in [7, 11) is 0. The van der Waals surface area contributed by atoms with Gasteiger partial charge in [-0.05, 0) is 24.0 Å². The first-order valence-corrected chi connectivity index (χ1v) is 9.51. The number of aliphatic hydroxyl groups excluding tert-OH is 1. The molecule has 1 aliphatic heterocycles. The number of aliphatic hydroxyl groups is 1. The van der Waals surface area contributed by atoms with Gasteiger partial charge in [-0.15, -0.1) is 0 Å². The van der Waals surface area contributed by atoms with Crippen molar-refractivity contribution in [2.45, 2.75) is 39.2 Å². The van der Waals surface area contributed by atoms with E-state index in [0.29, 0.717) is 12.1 Å². The minimum Gasteiger partial charge on any atom is -0.507 e. The van der Waals surface area contributed by atoms with Crippen molar-refractivity contribution in [1.82, 2.24) is 4.90 Å². The molecule has 1 aliphatic rings. The van der Waals surface area contributed by atoms with Gasteiger partial charge in [-0.3, -0.25) is 9.59 Å². The molecule has 0 saturated carbocycles. The highest BCUT2D eigenvalue weighted by Gasteiger charge is 2.45.